The van der Waals surface area contributed by atoms with Crippen molar-refractivity contribution in [1.82, 2.24) is 14.9 Å². The molecule has 0 saturated carbocycles. The standard InChI is InChI=1S/C22H22F2N4O4S/c1-11-5-12(2)7-14(6-11)33(31,32)20-13(3)18(27-19(20)21(25)29)22(30)28(4)10-15-16(23)8-26-9-17(15)24/h5-9,27H,10H2,1-4H3,(H2,25,29). The van der Waals surface area contributed by atoms with Crippen LogP contribution >= 0.6 is 0 Å². The maximum Gasteiger partial charge on any atom is 0.270 e. The minimum absolute atomic E-state index is 0.0320. The van der Waals surface area contributed by atoms with Crippen LogP contribution in [0.25, 0.3) is 0 Å². The van der Waals surface area contributed by atoms with E-state index >= 15 is 0 Å². The van der Waals surface area contributed by atoms with E-state index in [1.807, 2.05) is 0 Å². The number of aryl methyl sites for hydroxylation is 2. The molecule has 0 aliphatic carbocycles. The number of benzene rings is 1. The largest absolute Gasteiger partial charge is 0.364 e. The van der Waals surface area contributed by atoms with Gasteiger partial charge in [0.05, 0.1) is 23.8 Å². The first-order valence-electron chi connectivity index (χ1n) is 9.73. The van der Waals surface area contributed by atoms with Gasteiger partial charge in [-0.25, -0.2) is 17.2 Å². The van der Waals surface area contributed by atoms with Gasteiger partial charge in [-0.15, -0.1) is 0 Å². The van der Waals surface area contributed by atoms with Crippen molar-refractivity contribution in [2.75, 3.05) is 7.05 Å². The minimum Gasteiger partial charge on any atom is -0.364 e. The summed E-state index contributed by atoms with van der Waals surface area (Å²) in [6.45, 7) is 4.36. The normalized spacial score (nSPS) is 11.5. The second-order valence-electron chi connectivity index (χ2n) is 7.76. The summed E-state index contributed by atoms with van der Waals surface area (Å²) in [6, 6.07) is 4.68. The zero-order valence-electron chi connectivity index (χ0n) is 18.4. The van der Waals surface area contributed by atoms with Gasteiger partial charge in [-0.1, -0.05) is 6.07 Å². The van der Waals surface area contributed by atoms with E-state index in [1.165, 1.54) is 26.1 Å². The van der Waals surface area contributed by atoms with E-state index in [9.17, 15) is 26.8 Å². The van der Waals surface area contributed by atoms with Crippen molar-refractivity contribution in [3.05, 3.63) is 75.9 Å². The summed E-state index contributed by atoms with van der Waals surface area (Å²) >= 11 is 0. The smallest absolute Gasteiger partial charge is 0.270 e. The second-order valence-corrected chi connectivity index (χ2v) is 9.65. The molecular weight excluding hydrogens is 454 g/mol. The topological polar surface area (TPSA) is 126 Å². The van der Waals surface area contributed by atoms with Crippen molar-refractivity contribution in [3.8, 4) is 0 Å². The molecule has 3 N–H and O–H groups in total. The average Bonchev–Trinajstić information content (AvgIpc) is 3.07. The number of rotatable bonds is 6. The number of carbonyl (C=O) groups excluding carboxylic acids is 2. The van der Waals surface area contributed by atoms with Gasteiger partial charge < -0.3 is 15.6 Å². The molecule has 2 amide bonds. The van der Waals surface area contributed by atoms with E-state index in [0.29, 0.717) is 11.1 Å². The number of nitrogens with one attached hydrogen (secondary N) is 1. The predicted octanol–water partition coefficient (Wildman–Crippen LogP) is 2.82. The Balaban J connectivity index is 2.09. The SMILES string of the molecule is Cc1cc(C)cc(S(=O)(=O)c2c(C(N)=O)[nH]c(C(=O)N(C)Cc3c(F)cncc3F)c2C)c1. The molecule has 0 spiro atoms. The van der Waals surface area contributed by atoms with Crippen molar-refractivity contribution < 1.29 is 26.8 Å². The third kappa shape index (κ3) is 4.49. The number of carbonyl (C=O) groups is 2. The molecular formula is C22H22F2N4O4S. The molecule has 174 valence electrons. The monoisotopic (exact) mass is 476 g/mol. The summed E-state index contributed by atoms with van der Waals surface area (Å²) in [7, 11) is -2.95. The summed E-state index contributed by atoms with van der Waals surface area (Å²) in [6.07, 6.45) is 1.63. The Hall–Kier alpha value is -3.60. The number of nitrogens with zero attached hydrogens (tertiary/aromatic N) is 2. The molecule has 0 saturated heterocycles. The van der Waals surface area contributed by atoms with Crippen LogP contribution < -0.4 is 5.73 Å². The van der Waals surface area contributed by atoms with Crippen molar-refractivity contribution in [1.29, 1.82) is 0 Å². The Morgan fingerprint density at radius 2 is 1.58 bits per heavy atom. The molecule has 11 heteroatoms. The van der Waals surface area contributed by atoms with Gasteiger partial charge in [0.1, 0.15) is 27.9 Å². The zero-order chi connectivity index (χ0) is 24.7. The van der Waals surface area contributed by atoms with E-state index in [0.717, 1.165) is 17.3 Å². The fourth-order valence-corrected chi connectivity index (χ4v) is 5.44. The lowest BCUT2D eigenvalue weighted by Gasteiger charge is -2.17. The number of primary amides is 1. The van der Waals surface area contributed by atoms with Gasteiger partial charge in [-0.3, -0.25) is 14.6 Å². The van der Waals surface area contributed by atoms with Gasteiger partial charge >= 0.3 is 0 Å². The first-order chi connectivity index (χ1) is 15.3. The van der Waals surface area contributed by atoms with Crippen molar-refractivity contribution in [2.45, 2.75) is 37.1 Å². The number of hydrogen-bond donors (Lipinski definition) is 2. The summed E-state index contributed by atoms with van der Waals surface area (Å²) in [5.74, 6) is -3.73. The van der Waals surface area contributed by atoms with Gasteiger partial charge in [0, 0.05) is 12.6 Å². The van der Waals surface area contributed by atoms with Gasteiger partial charge in [0.15, 0.2) is 0 Å². The Morgan fingerprint density at radius 3 is 2.09 bits per heavy atom. The van der Waals surface area contributed by atoms with Crippen LogP contribution in [0.15, 0.2) is 40.4 Å². The maximum atomic E-state index is 14.0. The van der Waals surface area contributed by atoms with Crippen LogP contribution in [-0.2, 0) is 16.4 Å². The average molecular weight is 477 g/mol. The highest BCUT2D eigenvalue weighted by molar-refractivity contribution is 7.91. The van der Waals surface area contributed by atoms with Crippen molar-refractivity contribution in [2.24, 2.45) is 5.73 Å². The maximum absolute atomic E-state index is 14.0. The lowest BCUT2D eigenvalue weighted by Crippen LogP contribution is -2.28. The van der Waals surface area contributed by atoms with Gasteiger partial charge in [-0.2, -0.15) is 0 Å². The summed E-state index contributed by atoms with van der Waals surface area (Å²) in [5, 5.41) is 0. The molecule has 3 aromatic rings. The number of nitrogens with two attached hydrogens (primary N) is 1. The molecule has 0 radical (unpaired) electrons. The molecule has 3 rings (SSSR count). The number of sulfone groups is 1. The highest BCUT2D eigenvalue weighted by atomic mass is 32.2. The van der Waals surface area contributed by atoms with Crippen LogP contribution in [-0.4, -0.2) is 42.1 Å². The summed E-state index contributed by atoms with van der Waals surface area (Å²) in [5.41, 5.74) is 5.69. The lowest BCUT2D eigenvalue weighted by molar-refractivity contribution is 0.0776. The van der Waals surface area contributed by atoms with Gasteiger partial charge in [0.2, 0.25) is 9.84 Å². The number of amides is 2. The Bertz CT molecular complexity index is 1340. The molecule has 0 atom stereocenters. The van der Waals surface area contributed by atoms with Crippen LogP contribution in [0, 0.1) is 32.4 Å². The molecule has 0 aliphatic rings. The minimum atomic E-state index is -4.23. The van der Waals surface area contributed by atoms with Crippen LogP contribution in [0.1, 0.15) is 43.2 Å². The zero-order valence-corrected chi connectivity index (χ0v) is 19.2. The highest BCUT2D eigenvalue weighted by Gasteiger charge is 2.33. The lowest BCUT2D eigenvalue weighted by atomic mass is 10.2. The summed E-state index contributed by atoms with van der Waals surface area (Å²) in [4.78, 5) is 31.5. The molecule has 0 aliphatic heterocycles. The molecule has 8 nitrogen and oxygen atoms in total. The van der Waals surface area contributed by atoms with E-state index in [4.69, 9.17) is 5.73 Å². The van der Waals surface area contributed by atoms with Gasteiger partial charge in [0.25, 0.3) is 11.8 Å². The van der Waals surface area contributed by atoms with Crippen LogP contribution in [0.2, 0.25) is 0 Å². The van der Waals surface area contributed by atoms with E-state index in [2.05, 4.69) is 9.97 Å². The van der Waals surface area contributed by atoms with E-state index in [-0.39, 0.29) is 21.7 Å². The van der Waals surface area contributed by atoms with Crippen molar-refractivity contribution in [3.63, 3.8) is 0 Å². The third-order valence-corrected chi connectivity index (χ3v) is 7.03. The van der Waals surface area contributed by atoms with Crippen LogP contribution in [0.4, 0.5) is 8.78 Å². The predicted molar refractivity (Wildman–Crippen MR) is 115 cm³/mol. The molecule has 0 bridgehead atoms. The third-order valence-electron chi connectivity index (χ3n) is 5.12. The fraction of sp³-hybridized carbons (Fsp3) is 0.227. The number of halogens is 2. The van der Waals surface area contributed by atoms with E-state index in [1.54, 1.807) is 19.9 Å². The molecule has 2 heterocycles. The molecule has 1 aromatic carbocycles. The Labute approximate surface area is 189 Å². The molecule has 2 aromatic heterocycles. The first kappa shape index (κ1) is 24.1. The highest BCUT2D eigenvalue weighted by Crippen LogP contribution is 2.31. The number of aromatic nitrogens is 2. The van der Waals surface area contributed by atoms with E-state index < -0.39 is 50.4 Å². The van der Waals surface area contributed by atoms with Crippen LogP contribution in [0.3, 0.4) is 0 Å². The Morgan fingerprint density at radius 1 is 1.03 bits per heavy atom. The quantitative estimate of drug-likeness (QED) is 0.566. The Kier molecular flexibility index (Phi) is 6.37. The van der Waals surface area contributed by atoms with Gasteiger partial charge in [-0.05, 0) is 49.6 Å². The second kappa shape index (κ2) is 8.74. The van der Waals surface area contributed by atoms with Crippen molar-refractivity contribution >= 4 is 21.7 Å². The number of hydrogen-bond acceptors (Lipinski definition) is 5. The molecule has 33 heavy (non-hydrogen) atoms. The van der Waals surface area contributed by atoms with Crippen LogP contribution in [0.5, 0.6) is 0 Å². The first-order valence-corrected chi connectivity index (χ1v) is 11.2. The molecule has 0 fully saturated rings. The number of H-pyrrole nitrogens is 1. The number of pyridine rings is 1. The number of aromatic amines is 1. The summed E-state index contributed by atoms with van der Waals surface area (Å²) < 4.78 is 54.7. The fourth-order valence-electron chi connectivity index (χ4n) is 3.59. The molecule has 0 unspecified atom stereocenters.